The van der Waals surface area contributed by atoms with E-state index in [9.17, 15) is 13.2 Å². The van der Waals surface area contributed by atoms with Gasteiger partial charge in [0.15, 0.2) is 0 Å². The van der Waals surface area contributed by atoms with E-state index in [0.29, 0.717) is 36.7 Å². The molecule has 4 rings (SSSR count). The first-order valence-corrected chi connectivity index (χ1v) is 14.6. The van der Waals surface area contributed by atoms with Crippen molar-refractivity contribution in [1.82, 2.24) is 19.8 Å². The summed E-state index contributed by atoms with van der Waals surface area (Å²) in [5.41, 5.74) is 3.74. The molecule has 1 aliphatic rings. The summed E-state index contributed by atoms with van der Waals surface area (Å²) in [6.07, 6.45) is 0.705. The summed E-state index contributed by atoms with van der Waals surface area (Å²) >= 11 is 0. The largest absolute Gasteiger partial charge is 0.475 e. The number of likely N-dealkylation sites (N-methyl/N-ethyl adjacent to an activating group) is 1. The molecular weight excluding hydrogens is 514 g/mol. The average molecular weight is 552 g/mol. The Bertz CT molecular complexity index is 1440. The molecule has 0 aliphatic carbocycles. The molecule has 10 heteroatoms. The second-order valence-corrected chi connectivity index (χ2v) is 12.4. The number of sulfonamides is 1. The third-order valence-corrected chi connectivity index (χ3v) is 8.04. The van der Waals surface area contributed by atoms with Crippen LogP contribution in [-0.4, -0.2) is 73.9 Å². The molecule has 0 spiro atoms. The lowest BCUT2D eigenvalue weighted by atomic mass is 10.00. The average Bonchev–Trinajstić information content (AvgIpc) is 2.86. The summed E-state index contributed by atoms with van der Waals surface area (Å²) in [6, 6.07) is 13.5. The monoisotopic (exact) mass is 551 g/mol. The molecule has 1 aliphatic heterocycles. The molecule has 3 aromatic rings. The first-order chi connectivity index (χ1) is 18.4. The summed E-state index contributed by atoms with van der Waals surface area (Å²) in [6.45, 7) is 9.49. The van der Waals surface area contributed by atoms with Gasteiger partial charge in [0.25, 0.3) is 15.9 Å². The standard InChI is InChI=1S/C29H37N5O4S/c1-19(2)15-23-18-38-26-17-25(27-20(3)9-7-10-21(27)4)30-29(31-26)32-39(36,37)24-12-8-11-22(16-24)28(35)34(23)14-13-33(5)6/h7-12,16-17,19,23H,13-15,18H2,1-6H3,(H,30,31,32)/t23-/m1/s1. The van der Waals surface area contributed by atoms with Crippen LogP contribution in [0.2, 0.25) is 0 Å². The highest BCUT2D eigenvalue weighted by Gasteiger charge is 2.29. The minimum atomic E-state index is -4.09. The molecule has 1 amide bonds. The maximum Gasteiger partial charge on any atom is 0.264 e. The Hall–Kier alpha value is -3.50. The van der Waals surface area contributed by atoms with Gasteiger partial charge in [-0.25, -0.2) is 18.1 Å². The van der Waals surface area contributed by atoms with Crippen molar-refractivity contribution >= 4 is 21.9 Å². The van der Waals surface area contributed by atoms with E-state index in [0.717, 1.165) is 16.7 Å². The van der Waals surface area contributed by atoms with Crippen LogP contribution >= 0.6 is 0 Å². The van der Waals surface area contributed by atoms with Gasteiger partial charge in [0.2, 0.25) is 11.8 Å². The Labute approximate surface area is 231 Å². The lowest BCUT2D eigenvalue weighted by molar-refractivity contribution is 0.0558. The number of ether oxygens (including phenoxy) is 1. The van der Waals surface area contributed by atoms with Crippen LogP contribution in [0.25, 0.3) is 11.3 Å². The van der Waals surface area contributed by atoms with Gasteiger partial charge < -0.3 is 14.5 Å². The van der Waals surface area contributed by atoms with E-state index >= 15 is 0 Å². The number of nitrogens with one attached hydrogen (secondary N) is 1. The summed E-state index contributed by atoms with van der Waals surface area (Å²) in [5, 5.41) is 0. The normalized spacial score (nSPS) is 17.2. The molecule has 0 fully saturated rings. The smallest absolute Gasteiger partial charge is 0.264 e. The van der Waals surface area contributed by atoms with Gasteiger partial charge >= 0.3 is 0 Å². The number of aryl methyl sites for hydroxylation is 2. The minimum Gasteiger partial charge on any atom is -0.475 e. The molecule has 0 radical (unpaired) electrons. The molecule has 0 unspecified atom stereocenters. The van der Waals surface area contributed by atoms with Gasteiger partial charge in [0, 0.05) is 30.3 Å². The van der Waals surface area contributed by atoms with Gasteiger partial charge in [-0.05, 0) is 69.6 Å². The van der Waals surface area contributed by atoms with E-state index in [4.69, 9.17) is 4.74 Å². The zero-order valence-corrected chi connectivity index (χ0v) is 24.2. The first-order valence-electron chi connectivity index (χ1n) is 13.1. The molecule has 9 nitrogen and oxygen atoms in total. The molecule has 39 heavy (non-hydrogen) atoms. The van der Waals surface area contributed by atoms with Gasteiger partial charge in [0.1, 0.15) is 6.61 Å². The highest BCUT2D eigenvalue weighted by atomic mass is 32.2. The molecule has 1 N–H and O–H groups in total. The number of rotatable bonds is 6. The molecule has 4 bridgehead atoms. The van der Waals surface area contributed by atoms with Gasteiger partial charge in [-0.2, -0.15) is 4.98 Å². The third-order valence-electron chi connectivity index (χ3n) is 6.71. The van der Waals surface area contributed by atoms with Crippen molar-refractivity contribution in [1.29, 1.82) is 0 Å². The van der Waals surface area contributed by atoms with Crippen molar-refractivity contribution in [2.24, 2.45) is 5.92 Å². The lowest BCUT2D eigenvalue weighted by Gasteiger charge is -2.33. The summed E-state index contributed by atoms with van der Waals surface area (Å²) in [5.74, 6) is 0.200. The Morgan fingerprint density at radius 1 is 1.08 bits per heavy atom. The molecule has 0 saturated carbocycles. The van der Waals surface area contributed by atoms with Gasteiger partial charge in [-0.15, -0.1) is 0 Å². The first kappa shape index (κ1) is 28.5. The number of fused-ring (bicyclic) bond motifs is 4. The number of aromatic nitrogens is 2. The Kier molecular flexibility index (Phi) is 8.56. The van der Waals surface area contributed by atoms with Crippen LogP contribution in [0.1, 0.15) is 41.8 Å². The van der Waals surface area contributed by atoms with E-state index in [2.05, 4.69) is 28.5 Å². The lowest BCUT2D eigenvalue weighted by Crippen LogP contribution is -2.47. The van der Waals surface area contributed by atoms with E-state index in [-0.39, 0.29) is 35.3 Å². The van der Waals surface area contributed by atoms with E-state index < -0.39 is 10.0 Å². The summed E-state index contributed by atoms with van der Waals surface area (Å²) in [4.78, 5) is 26.6. The van der Waals surface area contributed by atoms with E-state index in [1.807, 2.05) is 51.0 Å². The fourth-order valence-corrected chi connectivity index (χ4v) is 5.79. The van der Waals surface area contributed by atoms with E-state index in [1.54, 1.807) is 23.1 Å². The molecule has 208 valence electrons. The quantitative estimate of drug-likeness (QED) is 0.485. The second-order valence-electron chi connectivity index (χ2n) is 10.7. The number of benzene rings is 2. The van der Waals surface area contributed by atoms with Crippen LogP contribution in [0.15, 0.2) is 53.4 Å². The van der Waals surface area contributed by atoms with Crippen LogP contribution in [0.3, 0.4) is 0 Å². The predicted octanol–water partition coefficient (Wildman–Crippen LogP) is 4.37. The Morgan fingerprint density at radius 3 is 2.44 bits per heavy atom. The number of hydrogen-bond acceptors (Lipinski definition) is 7. The highest BCUT2D eigenvalue weighted by Crippen LogP contribution is 2.30. The van der Waals surface area contributed by atoms with Gasteiger partial charge in [-0.3, -0.25) is 4.79 Å². The van der Waals surface area contributed by atoms with Crippen molar-refractivity contribution in [3.05, 3.63) is 65.2 Å². The van der Waals surface area contributed by atoms with Gasteiger partial charge in [0.05, 0.1) is 16.6 Å². The predicted molar refractivity (Wildman–Crippen MR) is 153 cm³/mol. The van der Waals surface area contributed by atoms with Crippen molar-refractivity contribution in [2.75, 3.05) is 38.5 Å². The molecular formula is C29H37N5O4S. The molecule has 0 saturated heterocycles. The van der Waals surface area contributed by atoms with Crippen LogP contribution in [0.5, 0.6) is 5.88 Å². The number of amides is 1. The van der Waals surface area contributed by atoms with Crippen molar-refractivity contribution in [3.8, 4) is 17.1 Å². The van der Waals surface area contributed by atoms with Gasteiger partial charge in [-0.1, -0.05) is 38.1 Å². The van der Waals surface area contributed by atoms with Crippen molar-refractivity contribution in [2.45, 2.75) is 45.1 Å². The topological polar surface area (TPSA) is 105 Å². The second kappa shape index (κ2) is 11.7. The molecule has 1 atom stereocenters. The van der Waals surface area contributed by atoms with Crippen LogP contribution in [-0.2, 0) is 10.0 Å². The zero-order valence-electron chi connectivity index (χ0n) is 23.4. The Morgan fingerprint density at radius 2 is 1.77 bits per heavy atom. The number of nitrogens with zero attached hydrogens (tertiary/aromatic N) is 4. The zero-order chi connectivity index (χ0) is 28.3. The number of anilines is 1. The molecule has 1 aromatic heterocycles. The Balaban J connectivity index is 1.88. The summed E-state index contributed by atoms with van der Waals surface area (Å²) in [7, 11) is -0.179. The van der Waals surface area contributed by atoms with Crippen LogP contribution < -0.4 is 9.46 Å². The van der Waals surface area contributed by atoms with Crippen LogP contribution in [0.4, 0.5) is 5.95 Å². The maximum atomic E-state index is 13.8. The number of carbonyl (C=O) groups excluding carboxylic acids is 1. The SMILES string of the molecule is Cc1cccc(C)c1-c1cc2nc(n1)NS(=O)(=O)c1cccc(c1)C(=O)N(CCN(C)C)[C@H](CC(C)C)CO2. The fraction of sp³-hybridized carbons (Fsp3) is 0.414. The third kappa shape index (κ3) is 6.75. The number of hydrogen-bond donors (Lipinski definition) is 1. The molecule has 2 aromatic carbocycles. The van der Waals surface area contributed by atoms with Crippen molar-refractivity contribution in [3.63, 3.8) is 0 Å². The van der Waals surface area contributed by atoms with E-state index in [1.165, 1.54) is 12.1 Å². The minimum absolute atomic E-state index is 0.0379. The maximum absolute atomic E-state index is 13.8. The fourth-order valence-electron chi connectivity index (χ4n) is 4.80. The molecule has 2 heterocycles. The summed E-state index contributed by atoms with van der Waals surface area (Å²) < 4.78 is 35.5. The highest BCUT2D eigenvalue weighted by molar-refractivity contribution is 7.92. The van der Waals surface area contributed by atoms with Crippen molar-refractivity contribution < 1.29 is 17.9 Å². The number of carbonyl (C=O) groups is 1. The van der Waals surface area contributed by atoms with Crippen LogP contribution in [0, 0.1) is 19.8 Å².